The summed E-state index contributed by atoms with van der Waals surface area (Å²) in [6, 6.07) is 12.1. The largest absolute Gasteiger partial charge is 0.342 e. The molecule has 0 aromatic heterocycles. The second-order valence-electron chi connectivity index (χ2n) is 4.82. The van der Waals surface area contributed by atoms with E-state index in [0.29, 0.717) is 0 Å². The zero-order valence-corrected chi connectivity index (χ0v) is 13.2. The number of halogens is 2. The maximum absolute atomic E-state index is 12.7. The third kappa shape index (κ3) is 2.69. The molecule has 1 saturated heterocycles. The number of amides is 4. The number of rotatable bonds is 2. The lowest BCUT2D eigenvalue weighted by Crippen LogP contribution is -2.55. The maximum Gasteiger partial charge on any atom is 0.342 e. The summed E-state index contributed by atoms with van der Waals surface area (Å²) >= 11 is 12.1. The molecule has 0 unspecified atom stereocenters. The molecule has 0 aliphatic carbocycles. The minimum absolute atomic E-state index is 0.230. The van der Waals surface area contributed by atoms with Gasteiger partial charge in [-0.25, -0.2) is 14.6 Å². The lowest BCUT2D eigenvalue weighted by atomic mass is 10.2. The van der Waals surface area contributed by atoms with E-state index in [1.165, 1.54) is 0 Å². The van der Waals surface area contributed by atoms with Gasteiger partial charge in [0.15, 0.2) is 0 Å². The number of barbiturate groups is 1. The number of imide groups is 2. The molecule has 0 atom stereocenters. The molecule has 0 radical (unpaired) electrons. The van der Waals surface area contributed by atoms with Crippen molar-refractivity contribution < 1.29 is 14.4 Å². The normalized spacial score (nSPS) is 15.3. The summed E-state index contributed by atoms with van der Waals surface area (Å²) in [7, 11) is 0. The van der Waals surface area contributed by atoms with Gasteiger partial charge in [0.25, 0.3) is 0 Å². The summed E-state index contributed by atoms with van der Waals surface area (Å²) in [5.41, 5.74) is 0.461. The number of hydrogen-bond donors (Lipinski definition) is 0. The highest BCUT2D eigenvalue weighted by Crippen LogP contribution is 2.33. The standard InChI is InChI=1S/C16H10Cl2N2O3/c17-10-5-1-3-7-12(10)19-14(21)9-15(22)20(16(19)23)13-8-4-2-6-11(13)18/h1-8H,9H2. The molecule has 1 fully saturated rings. The fourth-order valence-corrected chi connectivity index (χ4v) is 2.78. The molecule has 2 aromatic carbocycles. The van der Waals surface area contributed by atoms with E-state index in [9.17, 15) is 14.4 Å². The predicted molar refractivity (Wildman–Crippen MR) is 87.9 cm³/mol. The van der Waals surface area contributed by atoms with E-state index in [-0.39, 0.29) is 21.4 Å². The first-order valence-electron chi connectivity index (χ1n) is 6.69. The molecule has 1 aliphatic heterocycles. The molecule has 1 aliphatic rings. The van der Waals surface area contributed by atoms with Crippen molar-refractivity contribution in [3.05, 3.63) is 58.6 Å². The lowest BCUT2D eigenvalue weighted by molar-refractivity contribution is -0.126. The summed E-state index contributed by atoms with van der Waals surface area (Å²) in [6.45, 7) is 0. The Balaban J connectivity index is 2.09. The molecule has 5 nitrogen and oxygen atoms in total. The van der Waals surface area contributed by atoms with Gasteiger partial charge in [-0.2, -0.15) is 0 Å². The summed E-state index contributed by atoms with van der Waals surface area (Å²) < 4.78 is 0. The Hall–Kier alpha value is -2.37. The van der Waals surface area contributed by atoms with Gasteiger partial charge >= 0.3 is 6.03 Å². The van der Waals surface area contributed by atoms with Crippen LogP contribution in [-0.2, 0) is 9.59 Å². The number of hydrogen-bond acceptors (Lipinski definition) is 3. The highest BCUT2D eigenvalue weighted by Gasteiger charge is 2.41. The second kappa shape index (κ2) is 6.02. The van der Waals surface area contributed by atoms with E-state index in [0.717, 1.165) is 9.80 Å². The fourth-order valence-electron chi connectivity index (χ4n) is 2.34. The molecular formula is C16H10Cl2N2O3. The number of benzene rings is 2. The Bertz CT molecular complexity index is 757. The van der Waals surface area contributed by atoms with Crippen LogP contribution in [0.5, 0.6) is 0 Å². The zero-order valence-electron chi connectivity index (χ0n) is 11.7. The van der Waals surface area contributed by atoms with E-state index in [4.69, 9.17) is 23.2 Å². The van der Waals surface area contributed by atoms with Crippen LogP contribution in [0.15, 0.2) is 48.5 Å². The number of urea groups is 1. The minimum Gasteiger partial charge on any atom is -0.273 e. The van der Waals surface area contributed by atoms with Gasteiger partial charge in [0.1, 0.15) is 6.42 Å². The van der Waals surface area contributed by atoms with Gasteiger partial charge in [-0.15, -0.1) is 0 Å². The van der Waals surface area contributed by atoms with Gasteiger partial charge in [0.05, 0.1) is 21.4 Å². The minimum atomic E-state index is -0.799. The Kier molecular flexibility index (Phi) is 4.07. The molecule has 0 N–H and O–H groups in total. The summed E-state index contributed by atoms with van der Waals surface area (Å²) in [5.74, 6) is -1.26. The molecular weight excluding hydrogens is 339 g/mol. The van der Waals surface area contributed by atoms with Crippen LogP contribution in [0, 0.1) is 0 Å². The van der Waals surface area contributed by atoms with Crippen molar-refractivity contribution in [1.29, 1.82) is 0 Å². The van der Waals surface area contributed by atoms with Crippen LogP contribution < -0.4 is 9.80 Å². The smallest absolute Gasteiger partial charge is 0.273 e. The molecule has 0 saturated carbocycles. The number of anilines is 2. The van der Waals surface area contributed by atoms with E-state index in [1.54, 1.807) is 48.5 Å². The molecule has 4 amide bonds. The van der Waals surface area contributed by atoms with E-state index in [1.807, 2.05) is 0 Å². The molecule has 0 spiro atoms. The number of nitrogens with zero attached hydrogens (tertiary/aromatic N) is 2. The van der Waals surface area contributed by atoms with Crippen LogP contribution in [0.3, 0.4) is 0 Å². The van der Waals surface area contributed by atoms with Crippen molar-refractivity contribution in [3.8, 4) is 0 Å². The molecule has 7 heteroatoms. The van der Waals surface area contributed by atoms with E-state index in [2.05, 4.69) is 0 Å². The third-order valence-corrected chi connectivity index (χ3v) is 4.01. The van der Waals surface area contributed by atoms with Crippen molar-refractivity contribution in [1.82, 2.24) is 0 Å². The van der Waals surface area contributed by atoms with Gasteiger partial charge in [-0.1, -0.05) is 47.5 Å². The third-order valence-electron chi connectivity index (χ3n) is 3.37. The Labute approximate surface area is 142 Å². The Morgan fingerprint density at radius 1 is 0.696 bits per heavy atom. The second-order valence-corrected chi connectivity index (χ2v) is 5.63. The maximum atomic E-state index is 12.7. The van der Waals surface area contributed by atoms with Crippen molar-refractivity contribution in [3.63, 3.8) is 0 Å². The van der Waals surface area contributed by atoms with Gasteiger partial charge in [0, 0.05) is 0 Å². The molecule has 0 bridgehead atoms. The molecule has 116 valence electrons. The first-order valence-corrected chi connectivity index (χ1v) is 7.45. The average molecular weight is 349 g/mol. The van der Waals surface area contributed by atoms with Gasteiger partial charge in [-0.3, -0.25) is 9.59 Å². The van der Waals surface area contributed by atoms with Crippen LogP contribution in [0.2, 0.25) is 10.0 Å². The Morgan fingerprint density at radius 3 is 1.48 bits per heavy atom. The van der Waals surface area contributed by atoms with Gasteiger partial charge in [-0.05, 0) is 24.3 Å². The molecule has 1 heterocycles. The van der Waals surface area contributed by atoms with Crippen molar-refractivity contribution >= 4 is 52.4 Å². The first-order chi connectivity index (χ1) is 11.0. The first kappa shape index (κ1) is 15.5. The van der Waals surface area contributed by atoms with E-state index < -0.39 is 24.3 Å². The lowest BCUT2D eigenvalue weighted by Gasteiger charge is -2.33. The van der Waals surface area contributed by atoms with E-state index >= 15 is 0 Å². The molecule has 23 heavy (non-hydrogen) atoms. The van der Waals surface area contributed by atoms with Crippen molar-refractivity contribution in [2.75, 3.05) is 9.80 Å². The van der Waals surface area contributed by atoms with Crippen molar-refractivity contribution in [2.45, 2.75) is 6.42 Å². The predicted octanol–water partition coefficient (Wildman–Crippen LogP) is 3.88. The fraction of sp³-hybridized carbons (Fsp3) is 0.0625. The van der Waals surface area contributed by atoms with Crippen LogP contribution in [0.1, 0.15) is 6.42 Å². The van der Waals surface area contributed by atoms with Gasteiger partial charge in [0.2, 0.25) is 11.8 Å². The van der Waals surface area contributed by atoms with Crippen molar-refractivity contribution in [2.24, 2.45) is 0 Å². The molecule has 2 aromatic rings. The number of para-hydroxylation sites is 2. The van der Waals surface area contributed by atoms with Crippen LogP contribution in [-0.4, -0.2) is 17.8 Å². The highest BCUT2D eigenvalue weighted by molar-refractivity contribution is 6.41. The Morgan fingerprint density at radius 2 is 1.09 bits per heavy atom. The van der Waals surface area contributed by atoms with Crippen LogP contribution >= 0.6 is 23.2 Å². The number of carbonyl (C=O) groups excluding carboxylic acids is 3. The van der Waals surface area contributed by atoms with Crippen LogP contribution in [0.25, 0.3) is 0 Å². The SMILES string of the molecule is O=C1CC(=O)N(c2ccccc2Cl)C(=O)N1c1ccccc1Cl. The highest BCUT2D eigenvalue weighted by atomic mass is 35.5. The zero-order chi connectivity index (χ0) is 16.6. The average Bonchev–Trinajstić information content (AvgIpc) is 2.50. The summed E-state index contributed by atoms with van der Waals surface area (Å²) in [4.78, 5) is 38.9. The number of carbonyl (C=O) groups is 3. The summed E-state index contributed by atoms with van der Waals surface area (Å²) in [5, 5.41) is 0.477. The van der Waals surface area contributed by atoms with Crippen LogP contribution in [0.4, 0.5) is 16.2 Å². The topological polar surface area (TPSA) is 57.7 Å². The quantitative estimate of drug-likeness (QED) is 0.773. The van der Waals surface area contributed by atoms with Gasteiger partial charge < -0.3 is 0 Å². The summed E-state index contributed by atoms with van der Waals surface area (Å²) in [6.07, 6.45) is -0.442. The molecule has 3 rings (SSSR count). The monoisotopic (exact) mass is 348 g/mol.